The van der Waals surface area contributed by atoms with E-state index in [1.165, 1.54) is 0 Å². The fourth-order valence-corrected chi connectivity index (χ4v) is 3.91. The van der Waals surface area contributed by atoms with Crippen LogP contribution in [0.2, 0.25) is 0 Å². The van der Waals surface area contributed by atoms with Crippen molar-refractivity contribution in [2.45, 2.75) is 26.2 Å². The Kier molecular flexibility index (Phi) is 5.85. The molecule has 0 saturated carbocycles. The van der Waals surface area contributed by atoms with Gasteiger partial charge in [-0.2, -0.15) is 0 Å². The Balaban J connectivity index is 1.81. The van der Waals surface area contributed by atoms with Gasteiger partial charge in [-0.25, -0.2) is 0 Å². The summed E-state index contributed by atoms with van der Waals surface area (Å²) in [6.45, 7) is 2.16. The van der Waals surface area contributed by atoms with E-state index in [1.807, 2.05) is 72.8 Å². The first-order valence-corrected chi connectivity index (χ1v) is 10.5. The van der Waals surface area contributed by atoms with Gasteiger partial charge in [0.2, 0.25) is 0 Å². The van der Waals surface area contributed by atoms with E-state index >= 15 is 0 Å². The zero-order chi connectivity index (χ0) is 20.9. The average molecular weight is 395 g/mol. The first-order chi connectivity index (χ1) is 14.7. The maximum atomic E-state index is 11.0. The van der Waals surface area contributed by atoms with E-state index in [1.54, 1.807) is 12.1 Å². The van der Waals surface area contributed by atoms with Crippen molar-refractivity contribution < 1.29 is 10.2 Å². The quantitative estimate of drug-likeness (QED) is 0.357. The van der Waals surface area contributed by atoms with Crippen LogP contribution in [0, 0.1) is 0 Å². The molecular formula is C28H26O2. The fraction of sp³-hybridized carbons (Fsp3) is 0.143. The van der Waals surface area contributed by atoms with E-state index in [-0.39, 0.29) is 11.5 Å². The molecule has 0 aliphatic heterocycles. The van der Waals surface area contributed by atoms with Crippen LogP contribution in [0.3, 0.4) is 0 Å². The Morgan fingerprint density at radius 1 is 0.600 bits per heavy atom. The standard InChI is InChI=1S/C28H26O2/c1-2-3-10-23-17-24(21-13-8-5-9-14-21)19-27(30)28(23)25-16-15-22(18-26(25)29)20-11-6-4-7-12-20/h4-9,11-19,29-30H,2-3,10H2,1H3. The molecule has 0 saturated heterocycles. The van der Waals surface area contributed by atoms with Crippen LogP contribution in [0.1, 0.15) is 25.3 Å². The van der Waals surface area contributed by atoms with E-state index in [4.69, 9.17) is 0 Å². The molecule has 2 N–H and O–H groups in total. The van der Waals surface area contributed by atoms with Gasteiger partial charge in [0.1, 0.15) is 11.5 Å². The molecule has 0 unspecified atom stereocenters. The summed E-state index contributed by atoms with van der Waals surface area (Å²) in [4.78, 5) is 0. The van der Waals surface area contributed by atoms with Gasteiger partial charge >= 0.3 is 0 Å². The van der Waals surface area contributed by atoms with Crippen molar-refractivity contribution in [2.75, 3.05) is 0 Å². The zero-order valence-electron chi connectivity index (χ0n) is 17.2. The molecular weight excluding hydrogens is 368 g/mol. The van der Waals surface area contributed by atoms with Crippen LogP contribution in [0.5, 0.6) is 11.5 Å². The number of aryl methyl sites for hydroxylation is 1. The Morgan fingerprint density at radius 2 is 1.20 bits per heavy atom. The molecule has 4 aromatic carbocycles. The van der Waals surface area contributed by atoms with Crippen molar-refractivity contribution in [3.63, 3.8) is 0 Å². The molecule has 0 aliphatic carbocycles. The highest BCUT2D eigenvalue weighted by molar-refractivity contribution is 5.84. The molecule has 4 rings (SSSR count). The molecule has 0 bridgehead atoms. The Hall–Kier alpha value is -3.52. The van der Waals surface area contributed by atoms with Gasteiger partial charge in [-0.05, 0) is 58.9 Å². The second kappa shape index (κ2) is 8.87. The van der Waals surface area contributed by atoms with Gasteiger partial charge in [-0.3, -0.25) is 0 Å². The normalized spacial score (nSPS) is 10.8. The minimum Gasteiger partial charge on any atom is -0.507 e. The first-order valence-electron chi connectivity index (χ1n) is 10.5. The summed E-state index contributed by atoms with van der Waals surface area (Å²) in [5, 5.41) is 21.8. The third-order valence-electron chi connectivity index (χ3n) is 5.48. The summed E-state index contributed by atoms with van der Waals surface area (Å²) in [7, 11) is 0. The van der Waals surface area contributed by atoms with Crippen molar-refractivity contribution in [2.24, 2.45) is 0 Å². The van der Waals surface area contributed by atoms with Crippen LogP contribution in [0.4, 0.5) is 0 Å². The fourth-order valence-electron chi connectivity index (χ4n) is 3.91. The molecule has 0 spiro atoms. The number of phenols is 2. The molecule has 0 heterocycles. The number of rotatable bonds is 6. The van der Waals surface area contributed by atoms with Gasteiger partial charge in [0.25, 0.3) is 0 Å². The molecule has 0 amide bonds. The van der Waals surface area contributed by atoms with Crippen molar-refractivity contribution in [3.05, 3.63) is 96.6 Å². The predicted octanol–water partition coefficient (Wildman–Crippen LogP) is 7.44. The monoisotopic (exact) mass is 394 g/mol. The van der Waals surface area contributed by atoms with Crippen LogP contribution in [-0.4, -0.2) is 10.2 Å². The largest absolute Gasteiger partial charge is 0.507 e. The molecule has 2 nitrogen and oxygen atoms in total. The summed E-state index contributed by atoms with van der Waals surface area (Å²) in [6, 6.07) is 29.7. The summed E-state index contributed by atoms with van der Waals surface area (Å²) >= 11 is 0. The highest BCUT2D eigenvalue weighted by Crippen LogP contribution is 2.42. The lowest BCUT2D eigenvalue weighted by molar-refractivity contribution is 0.468. The smallest absolute Gasteiger partial charge is 0.124 e. The van der Waals surface area contributed by atoms with Gasteiger partial charge in [0.15, 0.2) is 0 Å². The molecule has 0 fully saturated rings. The van der Waals surface area contributed by atoms with Gasteiger partial charge in [-0.1, -0.05) is 86.1 Å². The zero-order valence-corrected chi connectivity index (χ0v) is 17.2. The maximum absolute atomic E-state index is 11.0. The number of aromatic hydroxyl groups is 2. The summed E-state index contributed by atoms with van der Waals surface area (Å²) in [5.74, 6) is 0.377. The third-order valence-corrected chi connectivity index (χ3v) is 5.48. The number of phenolic OH excluding ortho intramolecular Hbond substituents is 2. The molecule has 30 heavy (non-hydrogen) atoms. The lowest BCUT2D eigenvalue weighted by Gasteiger charge is -2.16. The molecule has 0 aliphatic rings. The average Bonchev–Trinajstić information content (AvgIpc) is 2.79. The predicted molar refractivity (Wildman–Crippen MR) is 125 cm³/mol. The minimum atomic E-state index is 0.178. The van der Waals surface area contributed by atoms with Crippen LogP contribution in [-0.2, 0) is 6.42 Å². The Labute approximate surface area is 178 Å². The van der Waals surface area contributed by atoms with Crippen molar-refractivity contribution in [3.8, 4) is 44.9 Å². The van der Waals surface area contributed by atoms with E-state index in [0.717, 1.165) is 52.6 Å². The maximum Gasteiger partial charge on any atom is 0.124 e. The Bertz CT molecular complexity index is 1130. The van der Waals surface area contributed by atoms with Crippen molar-refractivity contribution in [1.29, 1.82) is 0 Å². The lowest BCUT2D eigenvalue weighted by Crippen LogP contribution is -1.94. The molecule has 150 valence electrons. The number of hydrogen-bond donors (Lipinski definition) is 2. The van der Waals surface area contributed by atoms with Crippen molar-refractivity contribution in [1.82, 2.24) is 0 Å². The second-order valence-corrected chi connectivity index (χ2v) is 7.60. The topological polar surface area (TPSA) is 40.5 Å². The SMILES string of the molecule is CCCCc1cc(-c2ccccc2)cc(O)c1-c1ccc(-c2ccccc2)cc1O. The van der Waals surface area contributed by atoms with Crippen LogP contribution < -0.4 is 0 Å². The van der Waals surface area contributed by atoms with E-state index in [9.17, 15) is 10.2 Å². The van der Waals surface area contributed by atoms with Crippen molar-refractivity contribution >= 4 is 0 Å². The summed E-state index contributed by atoms with van der Waals surface area (Å²) in [5.41, 5.74) is 6.50. The Morgan fingerprint density at radius 3 is 1.80 bits per heavy atom. The van der Waals surface area contributed by atoms with Crippen LogP contribution in [0.15, 0.2) is 91.0 Å². The summed E-state index contributed by atoms with van der Waals surface area (Å²) < 4.78 is 0. The molecule has 0 aromatic heterocycles. The molecule has 2 heteroatoms. The lowest BCUT2D eigenvalue weighted by atomic mass is 9.90. The highest BCUT2D eigenvalue weighted by atomic mass is 16.3. The molecule has 0 atom stereocenters. The minimum absolute atomic E-state index is 0.178. The van der Waals surface area contributed by atoms with Gasteiger partial charge in [-0.15, -0.1) is 0 Å². The summed E-state index contributed by atoms with van der Waals surface area (Å²) in [6.07, 6.45) is 2.93. The first kappa shape index (κ1) is 19.8. The van der Waals surface area contributed by atoms with Gasteiger partial charge < -0.3 is 10.2 Å². The number of unbranched alkanes of at least 4 members (excludes halogenated alkanes) is 1. The van der Waals surface area contributed by atoms with Gasteiger partial charge in [0, 0.05) is 11.1 Å². The number of benzene rings is 4. The third kappa shape index (κ3) is 4.08. The number of hydrogen-bond acceptors (Lipinski definition) is 2. The van der Waals surface area contributed by atoms with Crippen LogP contribution in [0.25, 0.3) is 33.4 Å². The molecule has 4 aromatic rings. The van der Waals surface area contributed by atoms with E-state index in [0.29, 0.717) is 5.56 Å². The second-order valence-electron chi connectivity index (χ2n) is 7.60. The molecule has 0 radical (unpaired) electrons. The van der Waals surface area contributed by atoms with Gasteiger partial charge in [0.05, 0.1) is 0 Å². The van der Waals surface area contributed by atoms with E-state index < -0.39 is 0 Å². The van der Waals surface area contributed by atoms with E-state index in [2.05, 4.69) is 13.0 Å². The van der Waals surface area contributed by atoms with Crippen LogP contribution >= 0.6 is 0 Å². The highest BCUT2D eigenvalue weighted by Gasteiger charge is 2.17.